The normalized spacial score (nSPS) is 12.4. The summed E-state index contributed by atoms with van der Waals surface area (Å²) >= 11 is 0. The van der Waals surface area contributed by atoms with Crippen molar-refractivity contribution in [2.45, 2.75) is 26.1 Å². The van der Waals surface area contributed by atoms with Crippen LogP contribution < -0.4 is 4.74 Å². The average Bonchev–Trinajstić information content (AvgIpc) is 2.60. The Morgan fingerprint density at radius 2 is 2.00 bits per heavy atom. The van der Waals surface area contributed by atoms with Gasteiger partial charge in [0.25, 0.3) is 0 Å². The number of aromatic amines is 1. The van der Waals surface area contributed by atoms with Gasteiger partial charge in [-0.25, -0.2) is 4.98 Å². The topological polar surface area (TPSA) is 37.9 Å². The highest BCUT2D eigenvalue weighted by Gasteiger charge is 2.32. The third-order valence-corrected chi connectivity index (χ3v) is 2.27. The zero-order valence-corrected chi connectivity index (χ0v) is 9.30. The first-order valence-electron chi connectivity index (χ1n) is 5.11. The highest BCUT2D eigenvalue weighted by molar-refractivity contribution is 5.81. The number of hydrogen-bond acceptors (Lipinski definition) is 2. The molecule has 17 heavy (non-hydrogen) atoms. The van der Waals surface area contributed by atoms with Crippen molar-refractivity contribution in [1.82, 2.24) is 9.97 Å². The first-order chi connectivity index (χ1) is 7.87. The molecule has 0 radical (unpaired) electrons. The molecule has 0 atom stereocenters. The van der Waals surface area contributed by atoms with Crippen LogP contribution in [0.3, 0.4) is 0 Å². The summed E-state index contributed by atoms with van der Waals surface area (Å²) in [5.41, 5.74) is 0.740. The second-order valence-corrected chi connectivity index (χ2v) is 3.98. The molecule has 1 heterocycles. The summed E-state index contributed by atoms with van der Waals surface area (Å²) in [7, 11) is 0. The largest absolute Gasteiger partial charge is 0.573 e. The number of nitrogens with one attached hydrogen (secondary N) is 1. The maximum atomic E-state index is 12.2. The third kappa shape index (κ3) is 2.51. The number of benzene rings is 1. The molecule has 1 aromatic heterocycles. The number of rotatable bonds is 2. The van der Waals surface area contributed by atoms with Crippen molar-refractivity contribution in [1.29, 1.82) is 0 Å². The Kier molecular flexibility index (Phi) is 2.73. The average molecular weight is 244 g/mol. The fraction of sp³-hybridized carbons (Fsp3) is 0.364. The predicted molar refractivity (Wildman–Crippen MR) is 56.9 cm³/mol. The smallest absolute Gasteiger partial charge is 0.403 e. The third-order valence-electron chi connectivity index (χ3n) is 2.27. The Hall–Kier alpha value is -1.72. The molecule has 92 valence electrons. The highest BCUT2D eigenvalue weighted by Crippen LogP contribution is 2.30. The minimum absolute atomic E-state index is 0.112. The Labute approximate surface area is 95.6 Å². The van der Waals surface area contributed by atoms with Crippen LogP contribution in [0, 0.1) is 0 Å². The van der Waals surface area contributed by atoms with Gasteiger partial charge in [0.05, 0.1) is 5.52 Å². The molecule has 0 amide bonds. The summed E-state index contributed by atoms with van der Waals surface area (Å²) in [6.07, 6.45) is -4.70. The van der Waals surface area contributed by atoms with Crippen molar-refractivity contribution in [3.05, 3.63) is 24.0 Å². The number of imidazole rings is 1. The van der Waals surface area contributed by atoms with Gasteiger partial charge in [0.15, 0.2) is 5.75 Å². The van der Waals surface area contributed by atoms with E-state index in [1.807, 2.05) is 13.8 Å². The lowest BCUT2D eigenvalue weighted by atomic mass is 10.2. The summed E-state index contributed by atoms with van der Waals surface area (Å²) in [6, 6.07) is 4.41. The Balaban J connectivity index is 2.49. The second kappa shape index (κ2) is 3.94. The number of alkyl halides is 3. The van der Waals surface area contributed by atoms with E-state index in [9.17, 15) is 13.2 Å². The van der Waals surface area contributed by atoms with Gasteiger partial charge in [-0.3, -0.25) is 0 Å². The van der Waals surface area contributed by atoms with Crippen molar-refractivity contribution in [2.75, 3.05) is 0 Å². The summed E-state index contributed by atoms with van der Waals surface area (Å²) in [5.74, 6) is 0.470. The summed E-state index contributed by atoms with van der Waals surface area (Å²) in [4.78, 5) is 7.08. The molecule has 3 nitrogen and oxygen atoms in total. The summed E-state index contributed by atoms with van der Waals surface area (Å²) in [6.45, 7) is 3.81. The van der Waals surface area contributed by atoms with Gasteiger partial charge in [0.1, 0.15) is 11.3 Å². The molecule has 0 saturated heterocycles. The van der Waals surface area contributed by atoms with E-state index in [4.69, 9.17) is 0 Å². The molecule has 0 aliphatic rings. The molecule has 6 heteroatoms. The van der Waals surface area contributed by atoms with Gasteiger partial charge >= 0.3 is 6.36 Å². The fourth-order valence-electron chi connectivity index (χ4n) is 1.51. The molecule has 2 rings (SSSR count). The number of nitrogens with zero attached hydrogens (tertiary/aromatic N) is 1. The van der Waals surface area contributed by atoms with E-state index >= 15 is 0 Å². The van der Waals surface area contributed by atoms with Crippen LogP contribution in [0.4, 0.5) is 13.2 Å². The van der Waals surface area contributed by atoms with Crippen molar-refractivity contribution in [3.8, 4) is 5.75 Å². The molecule has 1 N–H and O–H groups in total. The molecule has 0 bridgehead atoms. The number of aromatic nitrogens is 2. The van der Waals surface area contributed by atoms with Gasteiger partial charge in [-0.15, -0.1) is 13.2 Å². The van der Waals surface area contributed by atoms with E-state index in [1.165, 1.54) is 12.1 Å². The molecule has 2 aromatic rings. The second-order valence-electron chi connectivity index (χ2n) is 3.98. The van der Waals surface area contributed by atoms with Crippen LogP contribution in [0.15, 0.2) is 18.2 Å². The number of halogens is 3. The van der Waals surface area contributed by atoms with Crippen molar-refractivity contribution in [3.63, 3.8) is 0 Å². The molecular weight excluding hydrogens is 233 g/mol. The van der Waals surface area contributed by atoms with Crippen LogP contribution in [0.25, 0.3) is 11.0 Å². The van der Waals surface area contributed by atoms with E-state index in [2.05, 4.69) is 14.7 Å². The van der Waals surface area contributed by atoms with Gasteiger partial charge in [-0.2, -0.15) is 0 Å². The van der Waals surface area contributed by atoms with Gasteiger partial charge < -0.3 is 9.72 Å². The Bertz CT molecular complexity index is 531. The number of fused-ring (bicyclic) bond motifs is 1. The first-order valence-corrected chi connectivity index (χ1v) is 5.11. The van der Waals surface area contributed by atoms with Crippen LogP contribution in [0.2, 0.25) is 0 Å². The monoisotopic (exact) mass is 244 g/mol. The standard InChI is InChI=1S/C11H11F3N2O/c1-6(2)10-15-7-4-3-5-8(9(7)16-10)17-11(12,13)14/h3-6H,1-2H3,(H,15,16). The number of hydrogen-bond donors (Lipinski definition) is 1. The van der Waals surface area contributed by atoms with E-state index in [-0.39, 0.29) is 17.2 Å². The zero-order valence-electron chi connectivity index (χ0n) is 9.30. The fourth-order valence-corrected chi connectivity index (χ4v) is 1.51. The molecule has 1 aromatic carbocycles. The maximum Gasteiger partial charge on any atom is 0.573 e. The SMILES string of the molecule is CC(C)c1nc2c(OC(F)(F)F)cccc2[nH]1. The number of para-hydroxylation sites is 1. The van der Waals surface area contributed by atoms with E-state index in [0.29, 0.717) is 11.3 Å². The maximum absolute atomic E-state index is 12.2. The number of ether oxygens (including phenoxy) is 1. The Morgan fingerprint density at radius 3 is 2.59 bits per heavy atom. The minimum Gasteiger partial charge on any atom is -0.403 e. The minimum atomic E-state index is -4.70. The van der Waals surface area contributed by atoms with Crippen LogP contribution in [-0.4, -0.2) is 16.3 Å². The zero-order chi connectivity index (χ0) is 12.6. The molecule has 0 fully saturated rings. The summed E-state index contributed by atoms with van der Waals surface area (Å²) < 4.78 is 40.4. The number of H-pyrrole nitrogens is 1. The van der Waals surface area contributed by atoms with Crippen molar-refractivity contribution < 1.29 is 17.9 Å². The molecule has 0 aliphatic heterocycles. The van der Waals surface area contributed by atoms with E-state index in [1.54, 1.807) is 6.07 Å². The Morgan fingerprint density at radius 1 is 1.29 bits per heavy atom. The van der Waals surface area contributed by atoms with Gasteiger partial charge in [-0.1, -0.05) is 19.9 Å². The summed E-state index contributed by atoms with van der Waals surface area (Å²) in [5, 5.41) is 0. The van der Waals surface area contributed by atoms with Crippen LogP contribution in [0.1, 0.15) is 25.6 Å². The van der Waals surface area contributed by atoms with Crippen LogP contribution in [-0.2, 0) is 0 Å². The van der Waals surface area contributed by atoms with Crippen molar-refractivity contribution >= 4 is 11.0 Å². The van der Waals surface area contributed by atoms with Gasteiger partial charge in [-0.05, 0) is 12.1 Å². The van der Waals surface area contributed by atoms with Gasteiger partial charge in [0.2, 0.25) is 0 Å². The molecule has 0 aliphatic carbocycles. The lowest BCUT2D eigenvalue weighted by Crippen LogP contribution is -2.17. The molecular formula is C11H11F3N2O. The van der Waals surface area contributed by atoms with Crippen LogP contribution in [0.5, 0.6) is 5.75 Å². The lowest BCUT2D eigenvalue weighted by molar-refractivity contribution is -0.274. The molecule has 0 saturated carbocycles. The van der Waals surface area contributed by atoms with Crippen LogP contribution >= 0.6 is 0 Å². The van der Waals surface area contributed by atoms with E-state index < -0.39 is 6.36 Å². The molecule has 0 unspecified atom stereocenters. The van der Waals surface area contributed by atoms with Gasteiger partial charge in [0, 0.05) is 5.92 Å². The predicted octanol–water partition coefficient (Wildman–Crippen LogP) is 3.58. The molecule has 0 spiro atoms. The van der Waals surface area contributed by atoms with Crippen molar-refractivity contribution in [2.24, 2.45) is 0 Å². The highest BCUT2D eigenvalue weighted by atomic mass is 19.4. The first kappa shape index (κ1) is 11.8. The lowest BCUT2D eigenvalue weighted by Gasteiger charge is -2.08. The van der Waals surface area contributed by atoms with E-state index in [0.717, 1.165) is 0 Å². The quantitative estimate of drug-likeness (QED) is 0.876.